The van der Waals surface area contributed by atoms with Crippen LogP contribution in [0, 0.1) is 10.1 Å². The van der Waals surface area contributed by atoms with Gasteiger partial charge in [-0.1, -0.05) is 12.1 Å². The molecule has 2 aromatic rings. The van der Waals surface area contributed by atoms with Crippen molar-refractivity contribution in [1.29, 1.82) is 0 Å². The van der Waals surface area contributed by atoms with Gasteiger partial charge in [-0.05, 0) is 51.0 Å². The fourth-order valence-corrected chi connectivity index (χ4v) is 3.62. The van der Waals surface area contributed by atoms with Gasteiger partial charge in [0.2, 0.25) is 0 Å². The van der Waals surface area contributed by atoms with Gasteiger partial charge in [0.15, 0.2) is 0 Å². The van der Waals surface area contributed by atoms with E-state index < -0.39 is 4.92 Å². The lowest BCUT2D eigenvalue weighted by Gasteiger charge is -2.35. The van der Waals surface area contributed by atoms with Gasteiger partial charge in [-0.2, -0.15) is 0 Å². The monoisotopic (exact) mass is 424 g/mol. The molecule has 8 nitrogen and oxygen atoms in total. The summed E-state index contributed by atoms with van der Waals surface area (Å²) in [7, 11) is 1.81. The number of piperidine rings is 1. The number of benzene rings is 2. The van der Waals surface area contributed by atoms with E-state index in [2.05, 4.69) is 10.2 Å². The number of non-ortho nitro benzene ring substituents is 1. The molecule has 1 fully saturated rings. The Kier molecular flexibility index (Phi) is 6.89. The van der Waals surface area contributed by atoms with Crippen molar-refractivity contribution < 1.29 is 14.5 Å². The molecule has 1 aliphatic heterocycles. The van der Waals surface area contributed by atoms with Gasteiger partial charge in [0.1, 0.15) is 0 Å². The third-order valence-electron chi connectivity index (χ3n) is 5.74. The Morgan fingerprint density at radius 3 is 2.29 bits per heavy atom. The molecule has 8 heteroatoms. The molecule has 2 amide bonds. The van der Waals surface area contributed by atoms with Crippen LogP contribution < -0.4 is 10.2 Å². The first-order chi connectivity index (χ1) is 14.8. The zero-order valence-corrected chi connectivity index (χ0v) is 18.1. The predicted octanol–water partition coefficient (Wildman–Crippen LogP) is 3.47. The normalized spacial score (nSPS) is 14.4. The standard InChI is InChI=1S/C23H28N4O4/c1-16(2)25(3)23(29)20-6-4-5-7-21(20)26-14-12-18(13-15-26)24-22(28)17-8-10-19(11-9-17)27(30)31/h4-11,16,18H,12-15H2,1-3H3,(H,24,28). The quantitative estimate of drug-likeness (QED) is 0.566. The molecule has 0 atom stereocenters. The van der Waals surface area contributed by atoms with Gasteiger partial charge < -0.3 is 15.1 Å². The number of hydrogen-bond donors (Lipinski definition) is 1. The van der Waals surface area contributed by atoms with Crippen LogP contribution >= 0.6 is 0 Å². The zero-order valence-electron chi connectivity index (χ0n) is 18.1. The molecule has 2 aromatic carbocycles. The Hall–Kier alpha value is -3.42. The molecule has 3 rings (SSSR count). The third-order valence-corrected chi connectivity index (χ3v) is 5.74. The maximum Gasteiger partial charge on any atom is 0.269 e. The van der Waals surface area contributed by atoms with Crippen LogP contribution in [0.3, 0.4) is 0 Å². The van der Waals surface area contributed by atoms with Gasteiger partial charge in [0.05, 0.1) is 10.5 Å². The maximum atomic E-state index is 12.9. The van der Waals surface area contributed by atoms with Gasteiger partial charge in [0, 0.05) is 55.6 Å². The molecule has 0 unspecified atom stereocenters. The second-order valence-electron chi connectivity index (χ2n) is 8.07. The Labute approximate surface area is 182 Å². The number of hydrogen-bond acceptors (Lipinski definition) is 5. The molecular formula is C23H28N4O4. The topological polar surface area (TPSA) is 95.8 Å². The van der Waals surface area contributed by atoms with Gasteiger partial charge >= 0.3 is 0 Å². The smallest absolute Gasteiger partial charge is 0.269 e. The van der Waals surface area contributed by atoms with Crippen LogP contribution in [0.15, 0.2) is 48.5 Å². The van der Waals surface area contributed by atoms with Gasteiger partial charge in [-0.25, -0.2) is 0 Å². The van der Waals surface area contributed by atoms with Crippen LogP contribution in [0.1, 0.15) is 47.4 Å². The Bertz CT molecular complexity index is 950. The number of anilines is 1. The van der Waals surface area contributed by atoms with Crippen molar-refractivity contribution in [3.8, 4) is 0 Å². The summed E-state index contributed by atoms with van der Waals surface area (Å²) in [4.78, 5) is 39.6. The number of carbonyl (C=O) groups is 2. The van der Waals surface area contributed by atoms with Crippen molar-refractivity contribution in [2.75, 3.05) is 25.0 Å². The molecule has 1 saturated heterocycles. The largest absolute Gasteiger partial charge is 0.371 e. The van der Waals surface area contributed by atoms with Gasteiger partial charge in [-0.15, -0.1) is 0 Å². The Balaban J connectivity index is 1.62. The fraction of sp³-hybridized carbons (Fsp3) is 0.391. The van der Waals surface area contributed by atoms with E-state index in [-0.39, 0.29) is 29.6 Å². The average Bonchev–Trinajstić information content (AvgIpc) is 2.78. The first kappa shape index (κ1) is 22.3. The minimum Gasteiger partial charge on any atom is -0.371 e. The van der Waals surface area contributed by atoms with E-state index in [1.54, 1.807) is 4.90 Å². The van der Waals surface area contributed by atoms with Gasteiger partial charge in [-0.3, -0.25) is 19.7 Å². The minimum atomic E-state index is -0.487. The second kappa shape index (κ2) is 9.59. The van der Waals surface area contributed by atoms with Crippen LogP contribution in [-0.4, -0.2) is 53.9 Å². The summed E-state index contributed by atoms with van der Waals surface area (Å²) in [5, 5.41) is 13.8. The fourth-order valence-electron chi connectivity index (χ4n) is 3.62. The highest BCUT2D eigenvalue weighted by Gasteiger charge is 2.25. The number of para-hydroxylation sites is 1. The second-order valence-corrected chi connectivity index (χ2v) is 8.07. The van der Waals surface area contributed by atoms with Gasteiger partial charge in [0.25, 0.3) is 17.5 Å². The number of amides is 2. The third kappa shape index (κ3) is 5.20. The molecule has 1 heterocycles. The highest BCUT2D eigenvalue weighted by atomic mass is 16.6. The number of nitrogens with one attached hydrogen (secondary N) is 1. The summed E-state index contributed by atoms with van der Waals surface area (Å²) < 4.78 is 0. The number of rotatable bonds is 6. The highest BCUT2D eigenvalue weighted by Crippen LogP contribution is 2.26. The van der Waals surface area contributed by atoms with E-state index in [1.807, 2.05) is 45.2 Å². The summed E-state index contributed by atoms with van der Waals surface area (Å²) in [5.41, 5.74) is 1.97. The lowest BCUT2D eigenvalue weighted by atomic mass is 10.0. The summed E-state index contributed by atoms with van der Waals surface area (Å²) in [6.45, 7) is 5.42. The number of nitrogens with zero attached hydrogens (tertiary/aromatic N) is 3. The van der Waals surface area contributed by atoms with Crippen molar-refractivity contribution in [1.82, 2.24) is 10.2 Å². The zero-order chi connectivity index (χ0) is 22.5. The van der Waals surface area contributed by atoms with E-state index in [4.69, 9.17) is 0 Å². The molecule has 0 aromatic heterocycles. The van der Waals surface area contributed by atoms with E-state index in [9.17, 15) is 19.7 Å². The van der Waals surface area contributed by atoms with E-state index >= 15 is 0 Å². The Morgan fingerprint density at radius 2 is 1.71 bits per heavy atom. The number of carbonyl (C=O) groups excluding carboxylic acids is 2. The van der Waals surface area contributed by atoms with Crippen LogP contribution in [-0.2, 0) is 0 Å². The lowest BCUT2D eigenvalue weighted by molar-refractivity contribution is -0.384. The average molecular weight is 425 g/mol. The lowest BCUT2D eigenvalue weighted by Crippen LogP contribution is -2.45. The van der Waals surface area contributed by atoms with Crippen LogP contribution in [0.5, 0.6) is 0 Å². The molecule has 1 N–H and O–H groups in total. The van der Waals surface area contributed by atoms with E-state index in [1.165, 1.54) is 24.3 Å². The summed E-state index contributed by atoms with van der Waals surface area (Å²) in [6.07, 6.45) is 1.50. The maximum absolute atomic E-state index is 12.9. The summed E-state index contributed by atoms with van der Waals surface area (Å²) in [5.74, 6) is -0.235. The Morgan fingerprint density at radius 1 is 1.10 bits per heavy atom. The number of nitro groups is 1. The molecule has 0 bridgehead atoms. The first-order valence-electron chi connectivity index (χ1n) is 10.4. The van der Waals surface area contributed by atoms with Crippen LogP contribution in [0.4, 0.5) is 11.4 Å². The summed E-state index contributed by atoms with van der Waals surface area (Å²) in [6, 6.07) is 13.4. The molecule has 1 aliphatic rings. The van der Waals surface area contributed by atoms with Crippen LogP contribution in [0.2, 0.25) is 0 Å². The summed E-state index contributed by atoms with van der Waals surface area (Å²) >= 11 is 0. The molecule has 0 aliphatic carbocycles. The highest BCUT2D eigenvalue weighted by molar-refractivity contribution is 6.00. The number of nitro benzene ring substituents is 1. The van der Waals surface area contributed by atoms with Crippen molar-refractivity contribution in [3.63, 3.8) is 0 Å². The van der Waals surface area contributed by atoms with Crippen molar-refractivity contribution in [2.24, 2.45) is 0 Å². The van der Waals surface area contributed by atoms with E-state index in [0.29, 0.717) is 11.1 Å². The first-order valence-corrected chi connectivity index (χ1v) is 10.4. The molecule has 0 spiro atoms. The van der Waals surface area contributed by atoms with Crippen LogP contribution in [0.25, 0.3) is 0 Å². The van der Waals surface area contributed by atoms with Crippen molar-refractivity contribution in [2.45, 2.75) is 38.8 Å². The molecular weight excluding hydrogens is 396 g/mol. The molecule has 31 heavy (non-hydrogen) atoms. The van der Waals surface area contributed by atoms with E-state index in [0.717, 1.165) is 31.6 Å². The molecule has 164 valence electrons. The predicted molar refractivity (Wildman–Crippen MR) is 119 cm³/mol. The van der Waals surface area contributed by atoms with Crippen molar-refractivity contribution >= 4 is 23.2 Å². The van der Waals surface area contributed by atoms with Crippen molar-refractivity contribution in [3.05, 3.63) is 69.8 Å². The minimum absolute atomic E-state index is 0.000743. The molecule has 0 saturated carbocycles. The SMILES string of the molecule is CC(C)N(C)C(=O)c1ccccc1N1CCC(NC(=O)c2ccc([N+](=O)[O-])cc2)CC1. The molecule has 0 radical (unpaired) electrons.